The molecule has 0 aliphatic rings. The van der Waals surface area contributed by atoms with E-state index in [9.17, 15) is 13.2 Å². The Bertz CT molecular complexity index is 255. The lowest BCUT2D eigenvalue weighted by molar-refractivity contribution is -0.209. The molecule has 1 unspecified atom stereocenters. The van der Waals surface area contributed by atoms with Gasteiger partial charge < -0.3 is 4.74 Å². The van der Waals surface area contributed by atoms with Crippen LogP contribution >= 0.6 is 0 Å². The second-order valence-electron chi connectivity index (χ2n) is 2.47. The van der Waals surface area contributed by atoms with Crippen LogP contribution in [0.15, 0.2) is 30.3 Å². The molecule has 4 heteroatoms. The van der Waals surface area contributed by atoms with Crippen molar-refractivity contribution in [1.82, 2.24) is 0 Å². The van der Waals surface area contributed by atoms with E-state index in [0.717, 1.165) is 0 Å². The van der Waals surface area contributed by atoms with E-state index in [1.807, 2.05) is 0 Å². The normalized spacial score (nSPS) is 14.2. The van der Waals surface area contributed by atoms with Crippen LogP contribution in [0.5, 0.6) is 0 Å². The van der Waals surface area contributed by atoms with Crippen LogP contribution in [0.3, 0.4) is 0 Å². The van der Waals surface area contributed by atoms with Crippen LogP contribution in [-0.4, -0.2) is 6.18 Å². The summed E-state index contributed by atoms with van der Waals surface area (Å²) in [5.74, 6) is 0. The van der Waals surface area contributed by atoms with Gasteiger partial charge in [0.2, 0.25) is 0 Å². The van der Waals surface area contributed by atoms with E-state index < -0.39 is 12.3 Å². The zero-order valence-electron chi connectivity index (χ0n) is 6.58. The highest BCUT2D eigenvalue weighted by molar-refractivity contribution is 5.18. The summed E-state index contributed by atoms with van der Waals surface area (Å²) >= 11 is 0. The first-order chi connectivity index (χ1) is 6.05. The fourth-order valence-electron chi connectivity index (χ4n) is 0.973. The Hall–Kier alpha value is -1.03. The van der Waals surface area contributed by atoms with Gasteiger partial charge in [-0.05, 0) is 5.56 Å². The monoisotopic (exact) mass is 188 g/mol. The second kappa shape index (κ2) is 3.79. The van der Waals surface area contributed by atoms with E-state index in [4.69, 9.17) is 0 Å². The first-order valence-electron chi connectivity index (χ1n) is 3.53. The molecule has 0 spiro atoms. The summed E-state index contributed by atoms with van der Waals surface area (Å²) in [6.45, 7) is 0. The third-order valence-corrected chi connectivity index (χ3v) is 1.54. The number of rotatable bonds is 2. The number of alkyl halides is 3. The van der Waals surface area contributed by atoms with Crippen molar-refractivity contribution < 1.29 is 17.9 Å². The van der Waals surface area contributed by atoms with Crippen LogP contribution in [-0.2, 0) is 4.74 Å². The van der Waals surface area contributed by atoms with E-state index in [1.165, 1.54) is 24.3 Å². The molecule has 0 fully saturated rings. The molecule has 1 nitrogen and oxygen atoms in total. The largest absolute Gasteiger partial charge is 0.418 e. The van der Waals surface area contributed by atoms with Gasteiger partial charge in [-0.1, -0.05) is 30.3 Å². The van der Waals surface area contributed by atoms with Gasteiger partial charge in [-0.3, -0.25) is 0 Å². The third-order valence-electron chi connectivity index (χ3n) is 1.54. The van der Waals surface area contributed by atoms with Gasteiger partial charge in [0.25, 0.3) is 0 Å². The Morgan fingerprint density at radius 2 is 1.69 bits per heavy atom. The molecule has 2 radical (unpaired) electrons. The number of benzene rings is 1. The zero-order valence-corrected chi connectivity index (χ0v) is 6.58. The number of hydrogen-bond donors (Lipinski definition) is 0. The van der Waals surface area contributed by atoms with E-state index in [0.29, 0.717) is 0 Å². The first-order valence-corrected chi connectivity index (χ1v) is 3.53. The Kier molecular flexibility index (Phi) is 2.93. The molecule has 0 aromatic heterocycles. The lowest BCUT2D eigenvalue weighted by Gasteiger charge is -2.18. The van der Waals surface area contributed by atoms with E-state index in [-0.39, 0.29) is 5.56 Å². The van der Waals surface area contributed by atoms with Gasteiger partial charge in [0.1, 0.15) is 7.11 Å². The molecule has 1 aromatic rings. The van der Waals surface area contributed by atoms with Crippen molar-refractivity contribution in [3.63, 3.8) is 0 Å². The molecule has 13 heavy (non-hydrogen) atoms. The average molecular weight is 188 g/mol. The summed E-state index contributed by atoms with van der Waals surface area (Å²) in [6.07, 6.45) is -6.52. The van der Waals surface area contributed by atoms with Gasteiger partial charge in [-0.2, -0.15) is 13.2 Å². The van der Waals surface area contributed by atoms with Gasteiger partial charge in [0, 0.05) is 0 Å². The van der Waals surface area contributed by atoms with Crippen molar-refractivity contribution in [2.24, 2.45) is 0 Å². The topological polar surface area (TPSA) is 9.23 Å². The maximum atomic E-state index is 12.2. The Morgan fingerprint density at radius 1 is 1.15 bits per heavy atom. The van der Waals surface area contributed by atoms with Gasteiger partial charge in [-0.25, -0.2) is 0 Å². The lowest BCUT2D eigenvalue weighted by atomic mass is 10.1. The molecule has 0 aliphatic heterocycles. The Morgan fingerprint density at radius 3 is 2.08 bits per heavy atom. The summed E-state index contributed by atoms with van der Waals surface area (Å²) in [7, 11) is 4.57. The minimum Gasteiger partial charge on any atom is -0.355 e. The molecular weight excluding hydrogens is 181 g/mol. The summed E-state index contributed by atoms with van der Waals surface area (Å²) in [6, 6.07) is 7.23. The van der Waals surface area contributed by atoms with Gasteiger partial charge in [0.15, 0.2) is 6.10 Å². The highest BCUT2D eigenvalue weighted by atomic mass is 19.4. The molecule has 0 heterocycles. The summed E-state index contributed by atoms with van der Waals surface area (Å²) in [5.41, 5.74) is -0.00231. The molecule has 0 N–H and O–H groups in total. The zero-order chi connectivity index (χ0) is 9.90. The minimum atomic E-state index is -4.48. The van der Waals surface area contributed by atoms with Crippen molar-refractivity contribution in [1.29, 1.82) is 0 Å². The van der Waals surface area contributed by atoms with E-state index >= 15 is 0 Å². The molecule has 0 bridgehead atoms. The number of halogens is 3. The van der Waals surface area contributed by atoms with Gasteiger partial charge in [0.05, 0.1) is 0 Å². The Labute approximate surface area is 74.1 Å². The molecule has 70 valence electrons. The molecule has 0 aliphatic carbocycles. The molecule has 1 rings (SSSR count). The van der Waals surface area contributed by atoms with Crippen LogP contribution in [0.2, 0.25) is 0 Å². The van der Waals surface area contributed by atoms with Crippen LogP contribution in [0, 0.1) is 7.11 Å². The van der Waals surface area contributed by atoms with Crippen LogP contribution in [0.1, 0.15) is 11.7 Å². The molecule has 1 aromatic carbocycles. The summed E-state index contributed by atoms with van der Waals surface area (Å²) in [4.78, 5) is 0. The lowest BCUT2D eigenvalue weighted by Crippen LogP contribution is -2.21. The van der Waals surface area contributed by atoms with Crippen molar-refractivity contribution in [3.8, 4) is 0 Å². The van der Waals surface area contributed by atoms with Gasteiger partial charge in [-0.15, -0.1) is 0 Å². The van der Waals surface area contributed by atoms with Gasteiger partial charge >= 0.3 is 6.18 Å². The first kappa shape index (κ1) is 10.1. The number of hydrogen-bond acceptors (Lipinski definition) is 1. The fraction of sp³-hybridized carbons (Fsp3) is 0.222. The molecular formula is C9H7F3O. The molecule has 0 amide bonds. The molecule has 0 saturated heterocycles. The summed E-state index contributed by atoms with van der Waals surface area (Å²) in [5, 5.41) is 0. The van der Waals surface area contributed by atoms with E-state index in [1.54, 1.807) is 6.07 Å². The van der Waals surface area contributed by atoms with Crippen LogP contribution < -0.4 is 0 Å². The van der Waals surface area contributed by atoms with Crippen molar-refractivity contribution in [3.05, 3.63) is 43.0 Å². The number of ether oxygens (including phenoxy) is 1. The van der Waals surface area contributed by atoms with Crippen molar-refractivity contribution in [2.45, 2.75) is 12.3 Å². The average Bonchev–Trinajstić information content (AvgIpc) is 2.05. The van der Waals surface area contributed by atoms with Crippen LogP contribution in [0.25, 0.3) is 0 Å². The highest BCUT2D eigenvalue weighted by Crippen LogP contribution is 2.35. The predicted molar refractivity (Wildman–Crippen MR) is 40.6 cm³/mol. The third kappa shape index (κ3) is 2.45. The van der Waals surface area contributed by atoms with Crippen LogP contribution in [0.4, 0.5) is 13.2 Å². The maximum absolute atomic E-state index is 12.2. The highest BCUT2D eigenvalue weighted by Gasteiger charge is 2.41. The Balaban J connectivity index is 2.92. The predicted octanol–water partition coefficient (Wildman–Crippen LogP) is 2.98. The van der Waals surface area contributed by atoms with E-state index in [2.05, 4.69) is 11.8 Å². The smallest absolute Gasteiger partial charge is 0.355 e. The van der Waals surface area contributed by atoms with Crippen molar-refractivity contribution >= 4 is 0 Å². The quantitative estimate of drug-likeness (QED) is 0.693. The fourth-order valence-corrected chi connectivity index (χ4v) is 0.973. The molecule has 0 saturated carbocycles. The standard InChI is InChI=1S/C9H7F3O/c1-13-8(9(10,11)12)7-5-3-2-4-6-7/h1-6,8H. The minimum absolute atomic E-state index is 0.00231. The SMILES string of the molecule is [CH]OC(c1ccccc1)C(F)(F)F. The second-order valence-corrected chi connectivity index (χ2v) is 2.47. The van der Waals surface area contributed by atoms with Crippen molar-refractivity contribution in [2.75, 3.05) is 0 Å². The molecule has 1 atom stereocenters. The summed E-state index contributed by atoms with van der Waals surface area (Å²) < 4.78 is 40.5. The maximum Gasteiger partial charge on any atom is 0.418 e.